The van der Waals surface area contributed by atoms with Gasteiger partial charge in [-0.05, 0) is 67.9 Å². The van der Waals surface area contributed by atoms with Gasteiger partial charge in [0.05, 0.1) is 25.6 Å². The van der Waals surface area contributed by atoms with Crippen LogP contribution in [0.1, 0.15) is 36.6 Å². The summed E-state index contributed by atoms with van der Waals surface area (Å²) in [6.07, 6.45) is 3.56. The average molecular weight is 410 g/mol. The second kappa shape index (κ2) is 8.71. The second-order valence-electron chi connectivity index (χ2n) is 7.70. The van der Waals surface area contributed by atoms with Crippen molar-refractivity contribution in [1.29, 1.82) is 0 Å². The first kappa shape index (κ1) is 20.2. The summed E-state index contributed by atoms with van der Waals surface area (Å²) in [5.74, 6) is 1.04. The minimum absolute atomic E-state index is 0.0857. The molecule has 2 amide bonds. The molecule has 158 valence electrons. The number of piperidine rings is 1. The number of carbonyl (C=O) groups is 2. The third kappa shape index (κ3) is 4.23. The second-order valence-corrected chi connectivity index (χ2v) is 7.70. The molecule has 8 heteroatoms. The Morgan fingerprint density at radius 3 is 2.53 bits per heavy atom. The highest BCUT2D eigenvalue weighted by atomic mass is 16.5. The van der Waals surface area contributed by atoms with Crippen LogP contribution in [0.2, 0.25) is 0 Å². The first-order valence-corrected chi connectivity index (χ1v) is 10.1. The van der Waals surface area contributed by atoms with Gasteiger partial charge in [-0.3, -0.25) is 14.5 Å². The number of rotatable bonds is 6. The van der Waals surface area contributed by atoms with E-state index in [1.165, 1.54) is 0 Å². The van der Waals surface area contributed by atoms with Gasteiger partial charge in [-0.2, -0.15) is 5.10 Å². The lowest BCUT2D eigenvalue weighted by Gasteiger charge is -2.31. The number of hydrogen-bond donors (Lipinski definition) is 1. The third-order valence-corrected chi connectivity index (χ3v) is 5.81. The molecular formula is C22H26N4O4. The molecule has 0 spiro atoms. The van der Waals surface area contributed by atoms with Crippen LogP contribution in [0.5, 0.6) is 5.75 Å². The molecule has 0 bridgehead atoms. The minimum Gasteiger partial charge on any atom is -0.497 e. The van der Waals surface area contributed by atoms with Crippen LogP contribution in [0, 0.1) is 5.92 Å². The fraction of sp³-hybridized carbons (Fsp3) is 0.409. The van der Waals surface area contributed by atoms with E-state index in [-0.39, 0.29) is 30.3 Å². The highest BCUT2D eigenvalue weighted by Gasteiger charge is 2.36. The summed E-state index contributed by atoms with van der Waals surface area (Å²) in [7, 11) is 1.63. The zero-order chi connectivity index (χ0) is 21.1. The summed E-state index contributed by atoms with van der Waals surface area (Å²) in [6, 6.07) is 11.1. The van der Waals surface area contributed by atoms with Crippen molar-refractivity contribution in [2.45, 2.75) is 25.3 Å². The third-order valence-electron chi connectivity index (χ3n) is 5.81. The van der Waals surface area contributed by atoms with E-state index in [1.54, 1.807) is 18.4 Å². The van der Waals surface area contributed by atoms with E-state index in [9.17, 15) is 9.59 Å². The first-order valence-electron chi connectivity index (χ1n) is 10.1. The molecule has 0 unspecified atom stereocenters. The van der Waals surface area contributed by atoms with E-state index in [2.05, 4.69) is 10.0 Å². The number of hydrazone groups is 1. The van der Waals surface area contributed by atoms with Crippen LogP contribution in [0.3, 0.4) is 0 Å². The number of carbonyl (C=O) groups excluding carboxylic acids is 2. The van der Waals surface area contributed by atoms with Gasteiger partial charge in [-0.15, -0.1) is 0 Å². The Morgan fingerprint density at radius 2 is 1.93 bits per heavy atom. The molecule has 1 fully saturated rings. The monoisotopic (exact) mass is 410 g/mol. The predicted molar refractivity (Wildman–Crippen MR) is 111 cm³/mol. The molecule has 0 aliphatic carbocycles. The Kier molecular flexibility index (Phi) is 5.85. The number of nitrogens with zero attached hydrogens (tertiary/aromatic N) is 3. The Bertz CT molecular complexity index is 915. The number of benzene rings is 1. The van der Waals surface area contributed by atoms with Gasteiger partial charge in [0.2, 0.25) is 5.91 Å². The number of methoxy groups -OCH3 is 1. The maximum absolute atomic E-state index is 13.1. The standard InChI is InChI=1S/C22H26N4O4/c1-29-17-6-4-15(5-7-17)18-13-19(20-3-2-12-30-20)26(24-18)21(27)14-25-10-8-16(9-11-25)22(23)28/h2-7,12,16,19H,8-11,13-14H2,1H3,(H2,23,28)/t19-/m0/s1. The van der Waals surface area contributed by atoms with Crippen molar-refractivity contribution in [3.63, 3.8) is 0 Å². The minimum atomic E-state index is -0.271. The Hall–Kier alpha value is -3.13. The molecule has 2 aromatic rings. The zero-order valence-electron chi connectivity index (χ0n) is 17.0. The summed E-state index contributed by atoms with van der Waals surface area (Å²) in [5.41, 5.74) is 7.19. The van der Waals surface area contributed by atoms with Crippen molar-refractivity contribution < 1.29 is 18.7 Å². The van der Waals surface area contributed by atoms with Crippen LogP contribution in [0.4, 0.5) is 0 Å². The topological polar surface area (TPSA) is 101 Å². The lowest BCUT2D eigenvalue weighted by Crippen LogP contribution is -2.43. The Balaban J connectivity index is 1.49. The lowest BCUT2D eigenvalue weighted by atomic mass is 9.96. The molecular weight excluding hydrogens is 384 g/mol. The normalized spacial score (nSPS) is 20.2. The fourth-order valence-corrected chi connectivity index (χ4v) is 4.04. The SMILES string of the molecule is COc1ccc(C2=NN(C(=O)CN3CCC(C(N)=O)CC3)[C@H](c3ccco3)C2)cc1. The van der Waals surface area contributed by atoms with Crippen LogP contribution in [-0.2, 0) is 9.59 Å². The van der Waals surface area contributed by atoms with Crippen LogP contribution in [-0.4, -0.2) is 54.2 Å². The Labute approximate surface area is 175 Å². The van der Waals surface area contributed by atoms with Crippen molar-refractivity contribution in [3.8, 4) is 5.75 Å². The Morgan fingerprint density at radius 1 is 1.20 bits per heavy atom. The van der Waals surface area contributed by atoms with Crippen molar-refractivity contribution >= 4 is 17.5 Å². The van der Waals surface area contributed by atoms with Crippen LogP contribution < -0.4 is 10.5 Å². The highest BCUT2D eigenvalue weighted by molar-refractivity contribution is 6.03. The van der Waals surface area contributed by atoms with Crippen LogP contribution in [0.25, 0.3) is 0 Å². The van der Waals surface area contributed by atoms with Crippen molar-refractivity contribution in [3.05, 3.63) is 54.0 Å². The quantitative estimate of drug-likeness (QED) is 0.786. The molecule has 0 radical (unpaired) electrons. The maximum atomic E-state index is 13.1. The van der Waals surface area contributed by atoms with E-state index in [1.807, 2.05) is 36.4 Å². The van der Waals surface area contributed by atoms with E-state index in [0.717, 1.165) is 17.0 Å². The maximum Gasteiger partial charge on any atom is 0.257 e. The molecule has 2 aliphatic heterocycles. The molecule has 1 aromatic heterocycles. The number of furan rings is 1. The van der Waals surface area contributed by atoms with Crippen molar-refractivity contribution in [1.82, 2.24) is 9.91 Å². The molecule has 0 saturated carbocycles. The van der Waals surface area contributed by atoms with Gasteiger partial charge in [0, 0.05) is 12.3 Å². The van der Waals surface area contributed by atoms with Crippen LogP contribution in [0.15, 0.2) is 52.2 Å². The van der Waals surface area contributed by atoms with E-state index >= 15 is 0 Å². The molecule has 1 aromatic carbocycles. The molecule has 8 nitrogen and oxygen atoms in total. The highest BCUT2D eigenvalue weighted by Crippen LogP contribution is 2.33. The van der Waals surface area contributed by atoms with Gasteiger partial charge in [0.15, 0.2) is 0 Å². The molecule has 3 heterocycles. The van der Waals surface area contributed by atoms with Gasteiger partial charge in [-0.1, -0.05) is 0 Å². The molecule has 1 atom stereocenters. The van der Waals surface area contributed by atoms with E-state index in [0.29, 0.717) is 38.1 Å². The first-order chi connectivity index (χ1) is 14.5. The number of primary amides is 1. The van der Waals surface area contributed by atoms with Crippen molar-refractivity contribution in [2.24, 2.45) is 16.8 Å². The van der Waals surface area contributed by atoms with Gasteiger partial charge in [0.1, 0.15) is 17.6 Å². The van der Waals surface area contributed by atoms with Crippen molar-refractivity contribution in [2.75, 3.05) is 26.7 Å². The average Bonchev–Trinajstić information content (AvgIpc) is 3.44. The molecule has 30 heavy (non-hydrogen) atoms. The molecule has 2 N–H and O–H groups in total. The molecule has 2 aliphatic rings. The summed E-state index contributed by atoms with van der Waals surface area (Å²) < 4.78 is 10.8. The van der Waals surface area contributed by atoms with Crippen LogP contribution >= 0.6 is 0 Å². The largest absolute Gasteiger partial charge is 0.497 e. The number of hydrogen-bond acceptors (Lipinski definition) is 6. The number of ether oxygens (including phenoxy) is 1. The van der Waals surface area contributed by atoms with Gasteiger partial charge in [-0.25, -0.2) is 5.01 Å². The summed E-state index contributed by atoms with van der Waals surface area (Å²) in [5, 5.41) is 6.20. The lowest BCUT2D eigenvalue weighted by molar-refractivity contribution is -0.135. The summed E-state index contributed by atoms with van der Waals surface area (Å²) >= 11 is 0. The van der Waals surface area contributed by atoms with Gasteiger partial charge >= 0.3 is 0 Å². The summed E-state index contributed by atoms with van der Waals surface area (Å²) in [6.45, 7) is 1.60. The smallest absolute Gasteiger partial charge is 0.257 e. The molecule has 4 rings (SSSR count). The number of amides is 2. The van der Waals surface area contributed by atoms with E-state index < -0.39 is 0 Å². The number of nitrogens with two attached hydrogens (primary N) is 1. The number of likely N-dealkylation sites (tertiary alicyclic amines) is 1. The zero-order valence-corrected chi connectivity index (χ0v) is 17.0. The predicted octanol–water partition coefficient (Wildman–Crippen LogP) is 2.16. The van der Waals surface area contributed by atoms with Gasteiger partial charge in [0.25, 0.3) is 5.91 Å². The van der Waals surface area contributed by atoms with E-state index in [4.69, 9.17) is 14.9 Å². The summed E-state index contributed by atoms with van der Waals surface area (Å²) in [4.78, 5) is 26.6. The van der Waals surface area contributed by atoms with Gasteiger partial charge < -0.3 is 14.9 Å². The molecule has 1 saturated heterocycles. The fourth-order valence-electron chi connectivity index (χ4n) is 4.04.